The van der Waals surface area contributed by atoms with E-state index in [0.29, 0.717) is 23.7 Å². The van der Waals surface area contributed by atoms with Gasteiger partial charge in [-0.05, 0) is 31.2 Å². The Balaban J connectivity index is 1.65. The highest BCUT2D eigenvalue weighted by atomic mass is 16.3. The monoisotopic (exact) mass is 293 g/mol. The third-order valence-corrected chi connectivity index (χ3v) is 3.20. The maximum atomic E-state index is 11.9. The second-order valence-electron chi connectivity index (χ2n) is 4.93. The van der Waals surface area contributed by atoms with Crippen molar-refractivity contribution in [3.05, 3.63) is 71.9 Å². The number of nitrogens with zero attached hydrogens (tertiary/aromatic N) is 2. The summed E-state index contributed by atoms with van der Waals surface area (Å²) >= 11 is 0. The Morgan fingerprint density at radius 1 is 1.23 bits per heavy atom. The topological polar surface area (TPSA) is 68.0 Å². The van der Waals surface area contributed by atoms with E-state index in [-0.39, 0.29) is 5.91 Å². The summed E-state index contributed by atoms with van der Waals surface area (Å²) in [5.74, 6) is 0.360. The van der Waals surface area contributed by atoms with Gasteiger partial charge in [-0.2, -0.15) is 0 Å². The lowest BCUT2D eigenvalue weighted by atomic mass is 10.1. The first-order valence-electron chi connectivity index (χ1n) is 6.92. The van der Waals surface area contributed by atoms with Gasteiger partial charge in [0.2, 0.25) is 5.89 Å². The van der Waals surface area contributed by atoms with Crippen LogP contribution in [0.1, 0.15) is 21.6 Å². The maximum absolute atomic E-state index is 11.9. The van der Waals surface area contributed by atoms with Gasteiger partial charge < -0.3 is 9.73 Å². The van der Waals surface area contributed by atoms with E-state index in [4.69, 9.17) is 4.42 Å². The van der Waals surface area contributed by atoms with Gasteiger partial charge in [-0.15, -0.1) is 0 Å². The molecule has 2 heterocycles. The van der Waals surface area contributed by atoms with Crippen molar-refractivity contribution in [2.75, 3.05) is 0 Å². The Morgan fingerprint density at radius 3 is 2.77 bits per heavy atom. The summed E-state index contributed by atoms with van der Waals surface area (Å²) in [4.78, 5) is 20.2. The zero-order chi connectivity index (χ0) is 15.4. The molecule has 0 saturated carbocycles. The number of carbonyl (C=O) groups excluding carboxylic acids is 1. The van der Waals surface area contributed by atoms with Crippen LogP contribution >= 0.6 is 0 Å². The maximum Gasteiger partial charge on any atom is 0.253 e. The minimum atomic E-state index is -0.187. The number of amides is 1. The van der Waals surface area contributed by atoms with E-state index in [1.54, 1.807) is 24.6 Å². The SMILES string of the molecule is Cc1ccc(-c2nc(CNC(=O)c3cccnc3)co2)cc1. The number of rotatable bonds is 4. The first kappa shape index (κ1) is 14.0. The van der Waals surface area contributed by atoms with Crippen LogP contribution in [0.3, 0.4) is 0 Å². The molecule has 5 nitrogen and oxygen atoms in total. The van der Waals surface area contributed by atoms with Crippen molar-refractivity contribution in [1.29, 1.82) is 0 Å². The summed E-state index contributed by atoms with van der Waals surface area (Å²) in [6, 6.07) is 11.4. The van der Waals surface area contributed by atoms with Gasteiger partial charge in [-0.3, -0.25) is 9.78 Å². The number of pyridine rings is 1. The highest BCUT2D eigenvalue weighted by molar-refractivity contribution is 5.93. The highest BCUT2D eigenvalue weighted by Crippen LogP contribution is 2.19. The van der Waals surface area contributed by atoms with Gasteiger partial charge in [-0.25, -0.2) is 4.98 Å². The number of oxazole rings is 1. The summed E-state index contributed by atoms with van der Waals surface area (Å²) < 4.78 is 5.45. The average molecular weight is 293 g/mol. The van der Waals surface area contributed by atoms with Gasteiger partial charge in [0.15, 0.2) is 0 Å². The first-order valence-corrected chi connectivity index (χ1v) is 6.92. The average Bonchev–Trinajstić information content (AvgIpc) is 3.03. The molecule has 1 amide bonds. The summed E-state index contributed by atoms with van der Waals surface area (Å²) in [6.45, 7) is 2.34. The highest BCUT2D eigenvalue weighted by Gasteiger charge is 2.09. The minimum absolute atomic E-state index is 0.187. The normalized spacial score (nSPS) is 10.4. The Bertz CT molecular complexity index is 764. The van der Waals surface area contributed by atoms with Crippen molar-refractivity contribution in [1.82, 2.24) is 15.3 Å². The predicted molar refractivity (Wildman–Crippen MR) is 82.1 cm³/mol. The lowest BCUT2D eigenvalue weighted by Gasteiger charge is -2.01. The number of hydrogen-bond acceptors (Lipinski definition) is 4. The van der Waals surface area contributed by atoms with Gasteiger partial charge in [0, 0.05) is 18.0 Å². The lowest BCUT2D eigenvalue weighted by molar-refractivity contribution is 0.0950. The Morgan fingerprint density at radius 2 is 2.05 bits per heavy atom. The van der Waals surface area contributed by atoms with Gasteiger partial charge in [-0.1, -0.05) is 17.7 Å². The van der Waals surface area contributed by atoms with Crippen LogP contribution in [0.4, 0.5) is 0 Å². The summed E-state index contributed by atoms with van der Waals surface area (Å²) in [6.07, 6.45) is 4.71. The summed E-state index contributed by atoms with van der Waals surface area (Å²) in [5.41, 5.74) is 3.28. The van der Waals surface area contributed by atoms with Crippen molar-refractivity contribution < 1.29 is 9.21 Å². The van der Waals surface area contributed by atoms with Gasteiger partial charge in [0.25, 0.3) is 5.91 Å². The fourth-order valence-corrected chi connectivity index (χ4v) is 1.99. The molecule has 0 saturated heterocycles. The number of benzene rings is 1. The number of carbonyl (C=O) groups is 1. The van der Waals surface area contributed by atoms with Crippen molar-refractivity contribution in [2.45, 2.75) is 13.5 Å². The number of nitrogens with one attached hydrogen (secondary N) is 1. The molecule has 3 aromatic rings. The largest absolute Gasteiger partial charge is 0.444 e. The standard InChI is InChI=1S/C17H15N3O2/c1-12-4-6-13(7-5-12)17-20-15(11-22-17)10-19-16(21)14-3-2-8-18-9-14/h2-9,11H,10H2,1H3,(H,19,21). The van der Waals surface area contributed by atoms with Gasteiger partial charge >= 0.3 is 0 Å². The number of hydrogen-bond donors (Lipinski definition) is 1. The van der Waals surface area contributed by atoms with Crippen molar-refractivity contribution in [2.24, 2.45) is 0 Å². The molecule has 2 aromatic heterocycles. The van der Waals surface area contributed by atoms with E-state index in [9.17, 15) is 4.79 Å². The molecule has 0 aliphatic rings. The molecule has 0 aliphatic heterocycles. The molecule has 0 radical (unpaired) electrons. The molecule has 5 heteroatoms. The van der Waals surface area contributed by atoms with Crippen LogP contribution in [0.15, 0.2) is 59.5 Å². The van der Waals surface area contributed by atoms with Crippen LogP contribution in [-0.2, 0) is 6.54 Å². The third-order valence-electron chi connectivity index (χ3n) is 3.20. The molecular formula is C17H15N3O2. The van der Waals surface area contributed by atoms with E-state index in [2.05, 4.69) is 15.3 Å². The van der Waals surface area contributed by atoms with Gasteiger partial charge in [0.1, 0.15) is 6.26 Å². The molecule has 0 unspecified atom stereocenters. The van der Waals surface area contributed by atoms with Crippen molar-refractivity contribution >= 4 is 5.91 Å². The number of aryl methyl sites for hydroxylation is 1. The van der Waals surface area contributed by atoms with E-state index < -0.39 is 0 Å². The van der Waals surface area contributed by atoms with Crippen LogP contribution in [0.2, 0.25) is 0 Å². The van der Waals surface area contributed by atoms with Crippen molar-refractivity contribution in [3.8, 4) is 11.5 Å². The summed E-state index contributed by atoms with van der Waals surface area (Å²) in [5, 5.41) is 2.79. The molecular weight excluding hydrogens is 278 g/mol. The molecule has 0 spiro atoms. The summed E-state index contributed by atoms with van der Waals surface area (Å²) in [7, 11) is 0. The van der Waals surface area contributed by atoms with E-state index in [1.165, 1.54) is 11.8 Å². The zero-order valence-electron chi connectivity index (χ0n) is 12.1. The Hall–Kier alpha value is -2.95. The molecule has 0 atom stereocenters. The minimum Gasteiger partial charge on any atom is -0.444 e. The van der Waals surface area contributed by atoms with Crippen LogP contribution in [0, 0.1) is 6.92 Å². The molecule has 1 N–H and O–H groups in total. The van der Waals surface area contributed by atoms with Crippen LogP contribution in [0.5, 0.6) is 0 Å². The van der Waals surface area contributed by atoms with Crippen LogP contribution in [0.25, 0.3) is 11.5 Å². The quantitative estimate of drug-likeness (QED) is 0.803. The number of aromatic nitrogens is 2. The van der Waals surface area contributed by atoms with Crippen LogP contribution < -0.4 is 5.32 Å². The smallest absolute Gasteiger partial charge is 0.253 e. The molecule has 110 valence electrons. The Kier molecular flexibility index (Phi) is 3.96. The fourth-order valence-electron chi connectivity index (χ4n) is 1.99. The second-order valence-corrected chi connectivity index (χ2v) is 4.93. The van der Waals surface area contributed by atoms with Gasteiger partial charge in [0.05, 0.1) is 17.8 Å². The molecule has 0 aliphatic carbocycles. The van der Waals surface area contributed by atoms with E-state index >= 15 is 0 Å². The Labute approximate surface area is 128 Å². The van der Waals surface area contributed by atoms with E-state index in [1.807, 2.05) is 31.2 Å². The third kappa shape index (κ3) is 3.20. The fraction of sp³-hybridized carbons (Fsp3) is 0.118. The molecule has 0 bridgehead atoms. The second kappa shape index (κ2) is 6.22. The van der Waals surface area contributed by atoms with E-state index in [0.717, 1.165) is 5.56 Å². The molecule has 22 heavy (non-hydrogen) atoms. The zero-order valence-corrected chi connectivity index (χ0v) is 12.1. The molecule has 1 aromatic carbocycles. The first-order chi connectivity index (χ1) is 10.7. The molecule has 3 rings (SSSR count). The van der Waals surface area contributed by atoms with Crippen molar-refractivity contribution in [3.63, 3.8) is 0 Å². The van der Waals surface area contributed by atoms with Crippen LogP contribution in [-0.4, -0.2) is 15.9 Å². The lowest BCUT2D eigenvalue weighted by Crippen LogP contribution is -2.22. The predicted octanol–water partition coefficient (Wildman–Crippen LogP) is 2.98. The molecule has 0 fully saturated rings.